The van der Waals surface area contributed by atoms with Crippen LogP contribution in [0.15, 0.2) is 0 Å². The monoisotopic (exact) mass is 132 g/mol. The molecule has 3 nitrogen and oxygen atoms in total. The Kier molecular flexibility index (Phi) is 2.05. The van der Waals surface area contributed by atoms with E-state index < -0.39 is 12.2 Å². The van der Waals surface area contributed by atoms with Crippen molar-refractivity contribution in [1.82, 2.24) is 0 Å². The highest BCUT2D eigenvalue weighted by Crippen LogP contribution is 2.13. The van der Waals surface area contributed by atoms with Gasteiger partial charge in [-0.05, 0) is 13.3 Å². The Bertz CT molecular complexity index is 84.3. The number of hydrogen-bond donors (Lipinski definition) is 2. The average Bonchev–Trinajstić information content (AvgIpc) is 1.83. The molecule has 0 bridgehead atoms. The summed E-state index contributed by atoms with van der Waals surface area (Å²) in [6, 6.07) is 0. The Labute approximate surface area is 54.3 Å². The third-order valence-corrected chi connectivity index (χ3v) is 1.67. The Balaban J connectivity index is 2.41. The fraction of sp³-hybridized carbons (Fsp3) is 1.00. The smallest absolute Gasteiger partial charge is 0.106 e. The van der Waals surface area contributed by atoms with Crippen molar-refractivity contribution >= 4 is 0 Å². The van der Waals surface area contributed by atoms with Gasteiger partial charge in [-0.1, -0.05) is 0 Å². The molecule has 1 aliphatic rings. The average molecular weight is 132 g/mol. The molecule has 0 aromatic rings. The first-order valence-corrected chi connectivity index (χ1v) is 3.19. The molecule has 0 saturated carbocycles. The molecule has 9 heavy (non-hydrogen) atoms. The SMILES string of the molecule is CC1OCC[C@@H](O)C1O. The first-order chi connectivity index (χ1) is 4.22. The highest BCUT2D eigenvalue weighted by molar-refractivity contribution is 4.77. The molecule has 1 saturated heterocycles. The standard InChI is InChI=1S/C6H12O3/c1-4-6(8)5(7)2-3-9-4/h4-8H,2-3H2,1H3/t4?,5-,6?/m1/s1. The minimum atomic E-state index is -0.696. The van der Waals surface area contributed by atoms with E-state index in [4.69, 9.17) is 14.9 Å². The van der Waals surface area contributed by atoms with Gasteiger partial charge in [0.05, 0.1) is 12.2 Å². The van der Waals surface area contributed by atoms with Crippen LogP contribution in [-0.4, -0.2) is 35.1 Å². The van der Waals surface area contributed by atoms with Gasteiger partial charge in [-0.3, -0.25) is 0 Å². The summed E-state index contributed by atoms with van der Waals surface area (Å²) in [6.07, 6.45) is -0.952. The third-order valence-electron chi connectivity index (χ3n) is 1.67. The predicted molar refractivity (Wildman–Crippen MR) is 32.0 cm³/mol. The van der Waals surface area contributed by atoms with Crippen LogP contribution in [0.3, 0.4) is 0 Å². The lowest BCUT2D eigenvalue weighted by Gasteiger charge is -2.29. The second-order valence-electron chi connectivity index (χ2n) is 2.42. The molecule has 2 N–H and O–H groups in total. The van der Waals surface area contributed by atoms with E-state index in [0.717, 1.165) is 0 Å². The van der Waals surface area contributed by atoms with E-state index in [2.05, 4.69) is 0 Å². The molecule has 3 atom stereocenters. The van der Waals surface area contributed by atoms with Crippen LogP contribution in [0.2, 0.25) is 0 Å². The maximum Gasteiger partial charge on any atom is 0.106 e. The zero-order valence-corrected chi connectivity index (χ0v) is 5.45. The number of aliphatic hydroxyl groups excluding tert-OH is 2. The molecule has 1 fully saturated rings. The quantitative estimate of drug-likeness (QED) is 0.468. The van der Waals surface area contributed by atoms with Crippen LogP contribution in [0.1, 0.15) is 13.3 Å². The van der Waals surface area contributed by atoms with Gasteiger partial charge in [0.2, 0.25) is 0 Å². The van der Waals surface area contributed by atoms with Crippen LogP contribution in [0.5, 0.6) is 0 Å². The molecule has 1 rings (SSSR count). The van der Waals surface area contributed by atoms with E-state index in [1.165, 1.54) is 0 Å². The maximum absolute atomic E-state index is 9.07. The lowest BCUT2D eigenvalue weighted by molar-refractivity contribution is -0.127. The van der Waals surface area contributed by atoms with Crippen molar-refractivity contribution in [2.75, 3.05) is 6.61 Å². The van der Waals surface area contributed by atoms with Crippen molar-refractivity contribution in [3.8, 4) is 0 Å². The van der Waals surface area contributed by atoms with Gasteiger partial charge in [-0.25, -0.2) is 0 Å². The fourth-order valence-corrected chi connectivity index (χ4v) is 0.957. The molecule has 0 aromatic heterocycles. The molecule has 1 heterocycles. The van der Waals surface area contributed by atoms with E-state index in [9.17, 15) is 0 Å². The molecule has 0 radical (unpaired) electrons. The van der Waals surface area contributed by atoms with E-state index in [-0.39, 0.29) is 6.10 Å². The lowest BCUT2D eigenvalue weighted by Crippen LogP contribution is -2.42. The van der Waals surface area contributed by atoms with Gasteiger partial charge in [0.15, 0.2) is 0 Å². The fourth-order valence-electron chi connectivity index (χ4n) is 0.957. The predicted octanol–water partition coefficient (Wildman–Crippen LogP) is -0.483. The lowest BCUT2D eigenvalue weighted by atomic mass is 10.0. The second kappa shape index (κ2) is 2.64. The molecule has 0 aromatic carbocycles. The van der Waals surface area contributed by atoms with Gasteiger partial charge in [0, 0.05) is 6.61 Å². The van der Waals surface area contributed by atoms with Gasteiger partial charge >= 0.3 is 0 Å². The summed E-state index contributed by atoms with van der Waals surface area (Å²) in [6.45, 7) is 2.31. The van der Waals surface area contributed by atoms with E-state index >= 15 is 0 Å². The highest BCUT2D eigenvalue weighted by Gasteiger charge is 2.27. The Morgan fingerprint density at radius 1 is 1.44 bits per heavy atom. The molecule has 2 unspecified atom stereocenters. The van der Waals surface area contributed by atoms with Crippen molar-refractivity contribution in [3.63, 3.8) is 0 Å². The minimum Gasteiger partial charge on any atom is -0.390 e. The molecule has 0 amide bonds. The third kappa shape index (κ3) is 1.41. The van der Waals surface area contributed by atoms with Crippen LogP contribution in [0.25, 0.3) is 0 Å². The maximum atomic E-state index is 9.07. The number of ether oxygens (including phenoxy) is 1. The van der Waals surface area contributed by atoms with Crippen molar-refractivity contribution < 1.29 is 14.9 Å². The summed E-state index contributed by atoms with van der Waals surface area (Å²) in [5, 5.41) is 18.1. The Morgan fingerprint density at radius 3 is 2.56 bits per heavy atom. The number of aliphatic hydroxyl groups is 2. The topological polar surface area (TPSA) is 49.7 Å². The molecule has 1 aliphatic heterocycles. The molecular weight excluding hydrogens is 120 g/mol. The molecule has 3 heteroatoms. The second-order valence-corrected chi connectivity index (χ2v) is 2.42. The van der Waals surface area contributed by atoms with Crippen molar-refractivity contribution in [1.29, 1.82) is 0 Å². The number of rotatable bonds is 0. The largest absolute Gasteiger partial charge is 0.390 e. The highest BCUT2D eigenvalue weighted by atomic mass is 16.5. The summed E-state index contributed by atoms with van der Waals surface area (Å²) in [5.74, 6) is 0. The van der Waals surface area contributed by atoms with Gasteiger partial charge < -0.3 is 14.9 Å². The number of hydrogen-bond acceptors (Lipinski definition) is 3. The minimum absolute atomic E-state index is 0.214. The zero-order valence-electron chi connectivity index (χ0n) is 5.45. The van der Waals surface area contributed by atoms with Gasteiger partial charge in [-0.15, -0.1) is 0 Å². The van der Waals surface area contributed by atoms with Gasteiger partial charge in [-0.2, -0.15) is 0 Å². The van der Waals surface area contributed by atoms with Crippen LogP contribution in [-0.2, 0) is 4.74 Å². The van der Waals surface area contributed by atoms with Crippen LogP contribution >= 0.6 is 0 Å². The van der Waals surface area contributed by atoms with Crippen LogP contribution in [0, 0.1) is 0 Å². The summed E-state index contributed by atoms with van der Waals surface area (Å²) in [5.41, 5.74) is 0. The van der Waals surface area contributed by atoms with E-state index in [0.29, 0.717) is 13.0 Å². The van der Waals surface area contributed by atoms with Gasteiger partial charge in [0.1, 0.15) is 6.10 Å². The van der Waals surface area contributed by atoms with E-state index in [1.807, 2.05) is 0 Å². The van der Waals surface area contributed by atoms with Gasteiger partial charge in [0.25, 0.3) is 0 Å². The Hall–Kier alpha value is -0.120. The summed E-state index contributed by atoms with van der Waals surface area (Å²) >= 11 is 0. The molecule has 54 valence electrons. The first kappa shape index (κ1) is 6.99. The molecule has 0 spiro atoms. The Morgan fingerprint density at radius 2 is 2.11 bits per heavy atom. The summed E-state index contributed by atoms with van der Waals surface area (Å²) < 4.78 is 5.05. The zero-order chi connectivity index (χ0) is 6.85. The van der Waals surface area contributed by atoms with Crippen molar-refractivity contribution in [2.45, 2.75) is 31.7 Å². The van der Waals surface area contributed by atoms with Crippen LogP contribution < -0.4 is 0 Å². The first-order valence-electron chi connectivity index (χ1n) is 3.19. The van der Waals surface area contributed by atoms with Crippen molar-refractivity contribution in [2.24, 2.45) is 0 Å². The molecule has 0 aliphatic carbocycles. The summed E-state index contributed by atoms with van der Waals surface area (Å²) in [7, 11) is 0. The molecular formula is C6H12O3. The normalized spacial score (nSPS) is 45.0. The van der Waals surface area contributed by atoms with Crippen molar-refractivity contribution in [3.05, 3.63) is 0 Å². The van der Waals surface area contributed by atoms with Crippen LogP contribution in [0.4, 0.5) is 0 Å². The summed E-state index contributed by atoms with van der Waals surface area (Å²) in [4.78, 5) is 0. The van der Waals surface area contributed by atoms with E-state index in [1.54, 1.807) is 6.92 Å².